The van der Waals surface area contributed by atoms with Gasteiger partial charge in [0, 0.05) is 19.6 Å². The van der Waals surface area contributed by atoms with Gasteiger partial charge in [0.15, 0.2) is 11.5 Å². The Morgan fingerprint density at radius 1 is 1.00 bits per heavy atom. The maximum atomic E-state index is 12.8. The van der Waals surface area contributed by atoms with E-state index in [1.807, 2.05) is 17.0 Å². The molecule has 164 valence electrons. The quantitative estimate of drug-likeness (QED) is 0.607. The number of carbonyl (C=O) groups excluding carboxylic acids is 1. The third kappa shape index (κ3) is 6.38. The predicted octanol–water partition coefficient (Wildman–Crippen LogP) is 3.62. The van der Waals surface area contributed by atoms with Gasteiger partial charge in [0.2, 0.25) is 5.91 Å². The number of halogens is 1. The third-order valence-electron chi connectivity index (χ3n) is 5.64. The summed E-state index contributed by atoms with van der Waals surface area (Å²) < 4.78 is 10.8. The average Bonchev–Trinajstić information content (AvgIpc) is 2.90. The largest absolute Gasteiger partial charge is 0.493 e. The minimum absolute atomic E-state index is 0. The maximum absolute atomic E-state index is 12.8. The molecule has 1 aliphatic rings. The second kappa shape index (κ2) is 11.8. The van der Waals surface area contributed by atoms with Crippen LogP contribution < -0.4 is 9.47 Å². The van der Waals surface area contributed by atoms with Gasteiger partial charge in [-0.05, 0) is 61.7 Å². The molecule has 0 N–H and O–H groups in total. The number of benzene rings is 2. The summed E-state index contributed by atoms with van der Waals surface area (Å²) in [6, 6.07) is 14.5. The number of carbonyl (C=O) groups is 1. The van der Waals surface area contributed by atoms with Gasteiger partial charge in [-0.2, -0.15) is 0 Å². The summed E-state index contributed by atoms with van der Waals surface area (Å²) in [4.78, 5) is 17.1. The summed E-state index contributed by atoms with van der Waals surface area (Å²) in [5.74, 6) is 1.61. The predicted molar refractivity (Wildman–Crippen MR) is 123 cm³/mol. The van der Waals surface area contributed by atoms with Crippen molar-refractivity contribution in [2.24, 2.45) is 0 Å². The fourth-order valence-corrected chi connectivity index (χ4v) is 3.86. The van der Waals surface area contributed by atoms with Crippen molar-refractivity contribution in [1.29, 1.82) is 0 Å². The van der Waals surface area contributed by atoms with E-state index in [2.05, 4.69) is 42.3 Å². The monoisotopic (exact) mass is 432 g/mol. The van der Waals surface area contributed by atoms with Crippen molar-refractivity contribution in [1.82, 2.24) is 9.80 Å². The molecule has 1 heterocycles. The lowest BCUT2D eigenvalue weighted by atomic mass is 10.0. The van der Waals surface area contributed by atoms with Crippen LogP contribution in [0.1, 0.15) is 23.1 Å². The van der Waals surface area contributed by atoms with Crippen LogP contribution in [0.5, 0.6) is 11.5 Å². The zero-order valence-electron chi connectivity index (χ0n) is 18.2. The second-order valence-corrected chi connectivity index (χ2v) is 7.68. The van der Waals surface area contributed by atoms with Gasteiger partial charge < -0.3 is 19.3 Å². The van der Waals surface area contributed by atoms with Gasteiger partial charge in [-0.1, -0.05) is 30.3 Å². The molecule has 0 saturated carbocycles. The number of rotatable bonds is 9. The number of hydrogen-bond donors (Lipinski definition) is 0. The fraction of sp³-hybridized carbons (Fsp3) is 0.458. The molecule has 2 aromatic rings. The van der Waals surface area contributed by atoms with Gasteiger partial charge in [0.05, 0.1) is 20.6 Å². The Kier molecular flexibility index (Phi) is 9.47. The van der Waals surface area contributed by atoms with Crippen molar-refractivity contribution in [3.63, 3.8) is 0 Å². The fourth-order valence-electron chi connectivity index (χ4n) is 3.86. The van der Waals surface area contributed by atoms with E-state index in [0.717, 1.165) is 56.8 Å². The lowest BCUT2D eigenvalue weighted by Crippen LogP contribution is -2.35. The Bertz CT molecular complexity index is 814. The van der Waals surface area contributed by atoms with Crippen molar-refractivity contribution >= 4 is 18.3 Å². The van der Waals surface area contributed by atoms with Crippen molar-refractivity contribution in [2.75, 3.05) is 47.4 Å². The number of amides is 1. The highest BCUT2D eigenvalue weighted by Crippen LogP contribution is 2.32. The Morgan fingerprint density at radius 3 is 2.33 bits per heavy atom. The lowest BCUT2D eigenvalue weighted by molar-refractivity contribution is -0.130. The molecule has 30 heavy (non-hydrogen) atoms. The zero-order valence-corrected chi connectivity index (χ0v) is 19.0. The van der Waals surface area contributed by atoms with E-state index in [9.17, 15) is 4.79 Å². The first kappa shape index (κ1) is 24.0. The van der Waals surface area contributed by atoms with E-state index in [1.54, 1.807) is 14.2 Å². The lowest BCUT2D eigenvalue weighted by Gasteiger charge is -2.22. The van der Waals surface area contributed by atoms with E-state index in [1.165, 1.54) is 11.1 Å². The van der Waals surface area contributed by atoms with Crippen molar-refractivity contribution in [2.45, 2.75) is 25.7 Å². The van der Waals surface area contributed by atoms with E-state index >= 15 is 0 Å². The average molecular weight is 433 g/mol. The standard InChI is InChI=1S/C24H32N2O3.ClH/c1-25(14-10-19-8-5-4-6-9-19)12-7-13-26-15-11-20-16-22(28-2)23(29-3)17-21(20)18-24(26)27;/h4-6,8-9,16-17H,7,10-15,18H2,1-3H3;1H. The molecule has 0 unspecified atom stereocenters. The molecule has 0 radical (unpaired) electrons. The first-order valence-electron chi connectivity index (χ1n) is 10.3. The van der Waals surface area contributed by atoms with Gasteiger partial charge in [-0.25, -0.2) is 0 Å². The number of ether oxygens (including phenoxy) is 2. The first-order valence-corrected chi connectivity index (χ1v) is 10.3. The molecule has 0 aromatic heterocycles. The molecule has 1 aliphatic heterocycles. The molecule has 0 spiro atoms. The van der Waals surface area contributed by atoms with Crippen LogP contribution in [0.4, 0.5) is 0 Å². The van der Waals surface area contributed by atoms with E-state index in [0.29, 0.717) is 12.2 Å². The molecule has 1 amide bonds. The number of nitrogens with zero attached hydrogens (tertiary/aromatic N) is 2. The van der Waals surface area contributed by atoms with Crippen LogP contribution in [0, 0.1) is 0 Å². The van der Waals surface area contributed by atoms with Crippen LogP contribution in [0.25, 0.3) is 0 Å². The molecule has 0 fully saturated rings. The number of fused-ring (bicyclic) bond motifs is 1. The number of hydrogen-bond acceptors (Lipinski definition) is 4. The number of likely N-dealkylation sites (N-methyl/N-ethyl adjacent to an activating group) is 1. The minimum atomic E-state index is 0. The molecule has 2 aromatic carbocycles. The van der Waals surface area contributed by atoms with Crippen LogP contribution >= 0.6 is 12.4 Å². The van der Waals surface area contributed by atoms with Gasteiger partial charge in [-0.3, -0.25) is 4.79 Å². The summed E-state index contributed by atoms with van der Waals surface area (Å²) in [7, 11) is 5.43. The molecule has 6 heteroatoms. The van der Waals surface area contributed by atoms with Crippen LogP contribution in [-0.4, -0.2) is 63.2 Å². The Hall–Kier alpha value is -2.24. The Labute approximate surface area is 186 Å². The Balaban J connectivity index is 0.00000320. The van der Waals surface area contributed by atoms with Crippen LogP contribution in [-0.2, 0) is 24.1 Å². The maximum Gasteiger partial charge on any atom is 0.227 e. The van der Waals surface area contributed by atoms with Crippen LogP contribution in [0.2, 0.25) is 0 Å². The van der Waals surface area contributed by atoms with Crippen LogP contribution in [0.3, 0.4) is 0 Å². The highest BCUT2D eigenvalue weighted by Gasteiger charge is 2.22. The van der Waals surface area contributed by atoms with E-state index in [4.69, 9.17) is 9.47 Å². The molecule has 0 atom stereocenters. The molecular formula is C24H33ClN2O3. The van der Waals surface area contributed by atoms with E-state index < -0.39 is 0 Å². The summed E-state index contributed by atoms with van der Waals surface area (Å²) in [6.07, 6.45) is 3.32. The van der Waals surface area contributed by atoms with Gasteiger partial charge >= 0.3 is 0 Å². The molecule has 0 saturated heterocycles. The molecule has 0 aliphatic carbocycles. The number of methoxy groups -OCH3 is 2. The molecule has 0 bridgehead atoms. The van der Waals surface area contributed by atoms with Gasteiger partial charge in [0.25, 0.3) is 0 Å². The van der Waals surface area contributed by atoms with Crippen molar-refractivity contribution in [3.05, 3.63) is 59.2 Å². The SMILES string of the molecule is COc1cc2c(cc1OC)CC(=O)N(CCCN(C)CCc1ccccc1)CC2.Cl. The molecule has 3 rings (SSSR count). The highest BCUT2D eigenvalue weighted by atomic mass is 35.5. The smallest absolute Gasteiger partial charge is 0.227 e. The summed E-state index contributed by atoms with van der Waals surface area (Å²) in [6.45, 7) is 3.58. The Morgan fingerprint density at radius 2 is 1.67 bits per heavy atom. The summed E-state index contributed by atoms with van der Waals surface area (Å²) in [5.41, 5.74) is 3.60. The first-order chi connectivity index (χ1) is 14.1. The van der Waals surface area contributed by atoms with Gasteiger partial charge in [-0.15, -0.1) is 12.4 Å². The van der Waals surface area contributed by atoms with Crippen molar-refractivity contribution in [3.8, 4) is 11.5 Å². The third-order valence-corrected chi connectivity index (χ3v) is 5.64. The topological polar surface area (TPSA) is 42.0 Å². The summed E-state index contributed by atoms with van der Waals surface area (Å²) >= 11 is 0. The summed E-state index contributed by atoms with van der Waals surface area (Å²) in [5, 5.41) is 0. The normalized spacial score (nSPS) is 13.5. The van der Waals surface area contributed by atoms with Crippen LogP contribution in [0.15, 0.2) is 42.5 Å². The second-order valence-electron chi connectivity index (χ2n) is 7.68. The van der Waals surface area contributed by atoms with Gasteiger partial charge in [0.1, 0.15) is 0 Å². The molecule has 5 nitrogen and oxygen atoms in total. The minimum Gasteiger partial charge on any atom is -0.493 e. The van der Waals surface area contributed by atoms with E-state index in [-0.39, 0.29) is 18.3 Å². The zero-order chi connectivity index (χ0) is 20.6. The molecular weight excluding hydrogens is 400 g/mol. The highest BCUT2D eigenvalue weighted by molar-refractivity contribution is 5.85. The van der Waals surface area contributed by atoms with Crippen molar-refractivity contribution < 1.29 is 14.3 Å².